The smallest absolute Gasteiger partial charge is 0.0628 e. The quantitative estimate of drug-likeness (QED) is 0.741. The average molecular weight is 263 g/mol. The summed E-state index contributed by atoms with van der Waals surface area (Å²) in [6.45, 7) is 2.59. The fourth-order valence-corrected chi connectivity index (χ4v) is 2.97. The maximum absolute atomic E-state index is 9.67. The van der Waals surface area contributed by atoms with Crippen LogP contribution in [0.5, 0.6) is 0 Å². The van der Waals surface area contributed by atoms with Crippen LogP contribution in [0.3, 0.4) is 0 Å². The number of aliphatic hydroxyl groups excluding tert-OH is 2. The number of aliphatic hydroxyl groups is 2. The summed E-state index contributed by atoms with van der Waals surface area (Å²) in [5, 5.41) is 18.4. The molecule has 2 rings (SSSR count). The van der Waals surface area contributed by atoms with Crippen molar-refractivity contribution in [3.8, 4) is 0 Å². The van der Waals surface area contributed by atoms with Gasteiger partial charge in [-0.05, 0) is 36.9 Å². The summed E-state index contributed by atoms with van der Waals surface area (Å²) in [7, 11) is 0. The predicted octanol–water partition coefficient (Wildman–Crippen LogP) is 2.13. The van der Waals surface area contributed by atoms with Crippen molar-refractivity contribution in [2.75, 3.05) is 26.3 Å². The first-order valence-corrected chi connectivity index (χ1v) is 7.40. The molecule has 1 aromatic rings. The zero-order chi connectivity index (χ0) is 13.5. The van der Waals surface area contributed by atoms with Gasteiger partial charge >= 0.3 is 0 Å². The van der Waals surface area contributed by atoms with E-state index in [-0.39, 0.29) is 12.6 Å². The molecule has 0 aliphatic carbocycles. The topological polar surface area (TPSA) is 43.7 Å². The monoisotopic (exact) mass is 263 g/mol. The number of unbranched alkanes of at least 4 members (excludes halogenated alkanes) is 3. The van der Waals surface area contributed by atoms with Crippen LogP contribution < -0.4 is 0 Å². The first-order chi connectivity index (χ1) is 9.36. The summed E-state index contributed by atoms with van der Waals surface area (Å²) in [6, 6.07) is 8.64. The van der Waals surface area contributed by atoms with Crippen molar-refractivity contribution in [2.45, 2.75) is 38.1 Å². The van der Waals surface area contributed by atoms with Crippen LogP contribution in [0.15, 0.2) is 24.3 Å². The second-order valence-corrected chi connectivity index (χ2v) is 5.32. The number of hydrogen-bond acceptors (Lipinski definition) is 3. The molecule has 0 saturated carbocycles. The fraction of sp³-hybridized carbons (Fsp3) is 0.625. The second kappa shape index (κ2) is 7.63. The fourth-order valence-electron chi connectivity index (χ4n) is 2.97. The molecule has 0 saturated heterocycles. The number of fused-ring (bicyclic) bond motifs is 1. The van der Waals surface area contributed by atoms with E-state index in [1.165, 1.54) is 11.1 Å². The Hall–Kier alpha value is -0.900. The van der Waals surface area contributed by atoms with Crippen LogP contribution in [0.4, 0.5) is 0 Å². The van der Waals surface area contributed by atoms with Gasteiger partial charge in [-0.3, -0.25) is 4.90 Å². The molecular formula is C16H25NO2. The first kappa shape index (κ1) is 14.5. The zero-order valence-electron chi connectivity index (χ0n) is 11.6. The van der Waals surface area contributed by atoms with E-state index in [0.717, 1.165) is 45.2 Å². The normalized spacial score (nSPS) is 19.4. The SMILES string of the molecule is OCCCCCCN1CCc2ccccc2C1CO. The standard InChI is InChI=1S/C16H25NO2/c18-12-6-2-1-5-10-17-11-9-14-7-3-4-8-15(14)16(17)13-19/h3-4,7-8,16,18-19H,1-2,5-6,9-13H2. The highest BCUT2D eigenvalue weighted by Gasteiger charge is 2.25. The molecule has 106 valence electrons. The largest absolute Gasteiger partial charge is 0.396 e. The molecule has 0 fully saturated rings. The van der Waals surface area contributed by atoms with Gasteiger partial charge in [0.2, 0.25) is 0 Å². The Morgan fingerprint density at radius 2 is 1.84 bits per heavy atom. The summed E-state index contributed by atoms with van der Waals surface area (Å²) in [5.74, 6) is 0. The second-order valence-electron chi connectivity index (χ2n) is 5.32. The lowest BCUT2D eigenvalue weighted by molar-refractivity contribution is 0.112. The molecule has 1 atom stereocenters. The molecule has 1 aromatic carbocycles. The van der Waals surface area contributed by atoms with Crippen LogP contribution in [-0.4, -0.2) is 41.4 Å². The highest BCUT2D eigenvalue weighted by Crippen LogP contribution is 2.29. The van der Waals surface area contributed by atoms with Crippen molar-refractivity contribution in [3.05, 3.63) is 35.4 Å². The molecule has 0 bridgehead atoms. The van der Waals surface area contributed by atoms with E-state index in [1.807, 2.05) is 0 Å². The highest BCUT2D eigenvalue weighted by molar-refractivity contribution is 5.32. The molecule has 1 unspecified atom stereocenters. The van der Waals surface area contributed by atoms with E-state index in [0.29, 0.717) is 6.61 Å². The Kier molecular flexibility index (Phi) is 5.83. The van der Waals surface area contributed by atoms with Crippen molar-refractivity contribution in [1.29, 1.82) is 0 Å². The van der Waals surface area contributed by atoms with E-state index in [2.05, 4.69) is 29.2 Å². The Morgan fingerprint density at radius 3 is 2.63 bits per heavy atom. The molecule has 1 aliphatic heterocycles. The van der Waals surface area contributed by atoms with E-state index in [9.17, 15) is 5.11 Å². The molecule has 3 nitrogen and oxygen atoms in total. The maximum Gasteiger partial charge on any atom is 0.0628 e. The third kappa shape index (κ3) is 3.78. The average Bonchev–Trinajstić information content (AvgIpc) is 2.46. The van der Waals surface area contributed by atoms with Crippen LogP contribution in [0.1, 0.15) is 42.9 Å². The summed E-state index contributed by atoms with van der Waals surface area (Å²) >= 11 is 0. The van der Waals surface area contributed by atoms with Crippen LogP contribution in [0.2, 0.25) is 0 Å². The van der Waals surface area contributed by atoms with Gasteiger partial charge < -0.3 is 10.2 Å². The molecule has 2 N–H and O–H groups in total. The predicted molar refractivity (Wildman–Crippen MR) is 77.1 cm³/mol. The van der Waals surface area contributed by atoms with Gasteiger partial charge in [-0.1, -0.05) is 37.1 Å². The highest BCUT2D eigenvalue weighted by atomic mass is 16.3. The van der Waals surface area contributed by atoms with E-state index >= 15 is 0 Å². The third-order valence-electron chi connectivity index (χ3n) is 4.05. The van der Waals surface area contributed by atoms with E-state index in [1.54, 1.807) is 0 Å². The molecule has 0 amide bonds. The lowest BCUT2D eigenvalue weighted by Crippen LogP contribution is -2.37. The van der Waals surface area contributed by atoms with Crippen molar-refractivity contribution < 1.29 is 10.2 Å². The van der Waals surface area contributed by atoms with E-state index in [4.69, 9.17) is 5.11 Å². The van der Waals surface area contributed by atoms with Crippen LogP contribution in [0, 0.1) is 0 Å². The maximum atomic E-state index is 9.67. The van der Waals surface area contributed by atoms with Crippen LogP contribution in [0.25, 0.3) is 0 Å². The van der Waals surface area contributed by atoms with Crippen molar-refractivity contribution >= 4 is 0 Å². The van der Waals surface area contributed by atoms with Crippen molar-refractivity contribution in [3.63, 3.8) is 0 Å². The van der Waals surface area contributed by atoms with Gasteiger partial charge in [0, 0.05) is 13.2 Å². The molecule has 0 radical (unpaired) electrons. The lowest BCUT2D eigenvalue weighted by atomic mass is 9.93. The third-order valence-corrected chi connectivity index (χ3v) is 4.05. The molecule has 0 aromatic heterocycles. The Morgan fingerprint density at radius 1 is 1.05 bits per heavy atom. The number of rotatable bonds is 7. The molecule has 0 spiro atoms. The number of benzene rings is 1. The summed E-state index contributed by atoms with van der Waals surface area (Å²) in [5.41, 5.74) is 2.68. The van der Waals surface area contributed by atoms with Gasteiger partial charge in [-0.2, -0.15) is 0 Å². The minimum absolute atomic E-state index is 0.169. The summed E-state index contributed by atoms with van der Waals surface area (Å²) < 4.78 is 0. The number of nitrogens with zero attached hydrogens (tertiary/aromatic N) is 1. The minimum atomic E-state index is 0.169. The molecule has 3 heteroatoms. The van der Waals surface area contributed by atoms with Gasteiger partial charge in [0.25, 0.3) is 0 Å². The van der Waals surface area contributed by atoms with Crippen molar-refractivity contribution in [2.24, 2.45) is 0 Å². The molecule has 1 aliphatic rings. The van der Waals surface area contributed by atoms with Gasteiger partial charge in [-0.15, -0.1) is 0 Å². The van der Waals surface area contributed by atoms with Crippen LogP contribution in [-0.2, 0) is 6.42 Å². The van der Waals surface area contributed by atoms with Gasteiger partial charge in [0.15, 0.2) is 0 Å². The molecular weight excluding hydrogens is 238 g/mol. The minimum Gasteiger partial charge on any atom is -0.396 e. The summed E-state index contributed by atoms with van der Waals surface area (Å²) in [6.07, 6.45) is 5.41. The van der Waals surface area contributed by atoms with Crippen molar-refractivity contribution in [1.82, 2.24) is 4.90 Å². The molecule has 19 heavy (non-hydrogen) atoms. The van der Waals surface area contributed by atoms with Crippen LogP contribution >= 0.6 is 0 Å². The first-order valence-electron chi connectivity index (χ1n) is 7.40. The number of hydrogen-bond donors (Lipinski definition) is 2. The Balaban J connectivity index is 1.88. The van der Waals surface area contributed by atoms with Gasteiger partial charge in [0.05, 0.1) is 12.6 Å². The van der Waals surface area contributed by atoms with Gasteiger partial charge in [-0.25, -0.2) is 0 Å². The Labute approximate surface area is 115 Å². The van der Waals surface area contributed by atoms with E-state index < -0.39 is 0 Å². The lowest BCUT2D eigenvalue weighted by Gasteiger charge is -2.36. The molecule has 1 heterocycles. The Bertz CT molecular complexity index is 381. The van der Waals surface area contributed by atoms with Gasteiger partial charge in [0.1, 0.15) is 0 Å². The zero-order valence-corrected chi connectivity index (χ0v) is 11.6. The summed E-state index contributed by atoms with van der Waals surface area (Å²) in [4.78, 5) is 2.40.